The molecule has 0 spiro atoms. The van der Waals surface area contributed by atoms with Gasteiger partial charge >= 0.3 is 0 Å². The Morgan fingerprint density at radius 1 is 1.29 bits per heavy atom. The summed E-state index contributed by atoms with van der Waals surface area (Å²) in [7, 11) is 0. The zero-order valence-corrected chi connectivity index (χ0v) is 10.0. The van der Waals surface area contributed by atoms with Crippen LogP contribution >= 0.6 is 11.9 Å². The first-order valence-corrected chi connectivity index (χ1v) is 6.45. The molecule has 0 aromatic heterocycles. The van der Waals surface area contributed by atoms with Crippen LogP contribution in [-0.4, -0.2) is 11.5 Å². The molecule has 1 aliphatic carbocycles. The van der Waals surface area contributed by atoms with Crippen LogP contribution in [0.2, 0.25) is 0 Å². The lowest BCUT2D eigenvalue weighted by Gasteiger charge is -2.12. The lowest BCUT2D eigenvalue weighted by atomic mass is 10.2. The van der Waals surface area contributed by atoms with Gasteiger partial charge in [0.15, 0.2) is 12.1 Å². The number of hydrogen-bond acceptors (Lipinski definition) is 3. The molecule has 0 saturated heterocycles. The van der Waals surface area contributed by atoms with Gasteiger partial charge in [-0.05, 0) is 36.9 Å². The molecule has 92 valence electrons. The molecule has 0 bridgehead atoms. The molecule has 0 heterocycles. The van der Waals surface area contributed by atoms with Crippen LogP contribution < -0.4 is 4.72 Å². The summed E-state index contributed by atoms with van der Waals surface area (Å²) in [6, 6.07) is 2.42. The molecule has 5 heteroatoms. The highest BCUT2D eigenvalue weighted by molar-refractivity contribution is 8.01. The molecule has 1 aromatic rings. The number of nitrogens with one attached hydrogen (secondary N) is 1. The monoisotopic (exact) mass is 257 g/mol. The Balaban J connectivity index is 2.07. The molecular weight excluding hydrogens is 244 g/mol. The predicted octanol–water partition coefficient (Wildman–Crippen LogP) is 3.78. The minimum Gasteiger partial charge on any atom is -0.327 e. The maximum Gasteiger partial charge on any atom is 0.160 e. The van der Waals surface area contributed by atoms with Gasteiger partial charge in [-0.3, -0.25) is 4.79 Å². The predicted molar refractivity (Wildman–Crippen MR) is 65.2 cm³/mol. The van der Waals surface area contributed by atoms with Gasteiger partial charge in [-0.1, -0.05) is 12.8 Å². The number of carbonyl (C=O) groups is 1. The van der Waals surface area contributed by atoms with Crippen molar-refractivity contribution in [2.24, 2.45) is 0 Å². The van der Waals surface area contributed by atoms with Crippen molar-refractivity contribution in [2.45, 2.75) is 30.9 Å². The van der Waals surface area contributed by atoms with E-state index in [0.717, 1.165) is 18.9 Å². The second kappa shape index (κ2) is 5.49. The van der Waals surface area contributed by atoms with Gasteiger partial charge in [0, 0.05) is 5.25 Å². The Bertz CT molecular complexity index is 419. The van der Waals surface area contributed by atoms with Gasteiger partial charge in [0.1, 0.15) is 5.82 Å². The van der Waals surface area contributed by atoms with E-state index in [1.807, 2.05) is 0 Å². The molecule has 1 saturated carbocycles. The normalized spacial score (nSPS) is 16.1. The topological polar surface area (TPSA) is 29.1 Å². The molecule has 1 fully saturated rings. The van der Waals surface area contributed by atoms with Gasteiger partial charge in [-0.15, -0.1) is 0 Å². The summed E-state index contributed by atoms with van der Waals surface area (Å²) in [4.78, 5) is 10.5. The van der Waals surface area contributed by atoms with Crippen LogP contribution in [0.4, 0.5) is 14.5 Å². The van der Waals surface area contributed by atoms with Crippen LogP contribution in [0.25, 0.3) is 0 Å². The van der Waals surface area contributed by atoms with Crippen molar-refractivity contribution in [1.29, 1.82) is 0 Å². The van der Waals surface area contributed by atoms with E-state index in [-0.39, 0.29) is 12.0 Å². The van der Waals surface area contributed by atoms with Gasteiger partial charge in [0.25, 0.3) is 0 Å². The zero-order chi connectivity index (χ0) is 12.3. The smallest absolute Gasteiger partial charge is 0.160 e. The van der Waals surface area contributed by atoms with E-state index in [1.165, 1.54) is 30.9 Å². The molecule has 1 aromatic carbocycles. The Hall–Kier alpha value is -1.10. The largest absolute Gasteiger partial charge is 0.327 e. The van der Waals surface area contributed by atoms with E-state index in [1.54, 1.807) is 0 Å². The average Bonchev–Trinajstić information content (AvgIpc) is 2.82. The van der Waals surface area contributed by atoms with Gasteiger partial charge in [0.05, 0.1) is 11.3 Å². The van der Waals surface area contributed by atoms with Crippen LogP contribution in [-0.2, 0) is 0 Å². The molecule has 17 heavy (non-hydrogen) atoms. The summed E-state index contributed by atoms with van der Waals surface area (Å²) in [5.74, 6) is -1.64. The molecule has 1 aliphatic rings. The van der Waals surface area contributed by atoms with Crippen molar-refractivity contribution in [3.8, 4) is 0 Å². The minimum atomic E-state index is -0.825. The summed E-state index contributed by atoms with van der Waals surface area (Å²) >= 11 is 1.45. The van der Waals surface area contributed by atoms with Crippen LogP contribution in [0.3, 0.4) is 0 Å². The fourth-order valence-corrected chi connectivity index (χ4v) is 2.93. The number of anilines is 1. The van der Waals surface area contributed by atoms with E-state index in [0.29, 0.717) is 5.25 Å². The quantitative estimate of drug-likeness (QED) is 0.657. The van der Waals surface area contributed by atoms with Gasteiger partial charge < -0.3 is 4.72 Å². The first kappa shape index (κ1) is 12.4. The second-order valence-electron chi connectivity index (χ2n) is 4.07. The van der Waals surface area contributed by atoms with Crippen molar-refractivity contribution in [3.63, 3.8) is 0 Å². The number of carbonyl (C=O) groups excluding carboxylic acids is 1. The van der Waals surface area contributed by atoms with Crippen molar-refractivity contribution in [2.75, 3.05) is 4.72 Å². The van der Waals surface area contributed by atoms with Crippen LogP contribution in [0.15, 0.2) is 12.1 Å². The standard InChI is InChI=1S/C12H13F2NOS/c13-10-5-6-11(12(14)9(10)7-16)15-17-8-3-1-2-4-8/h5-8,15H,1-4H2. The third-order valence-electron chi connectivity index (χ3n) is 2.88. The van der Waals surface area contributed by atoms with E-state index in [9.17, 15) is 13.6 Å². The molecule has 1 N–H and O–H groups in total. The highest BCUT2D eigenvalue weighted by Gasteiger charge is 2.18. The third kappa shape index (κ3) is 2.77. The fraction of sp³-hybridized carbons (Fsp3) is 0.417. The maximum absolute atomic E-state index is 13.7. The molecule has 0 radical (unpaired) electrons. The maximum atomic E-state index is 13.7. The first-order valence-electron chi connectivity index (χ1n) is 5.57. The Kier molecular flexibility index (Phi) is 3.99. The number of aldehydes is 1. The minimum absolute atomic E-state index is 0.172. The summed E-state index contributed by atoms with van der Waals surface area (Å²) in [5.41, 5.74) is -0.340. The van der Waals surface area contributed by atoms with Gasteiger partial charge in [-0.25, -0.2) is 8.78 Å². The Morgan fingerprint density at radius 3 is 2.65 bits per heavy atom. The Labute approximate surface area is 103 Å². The molecule has 0 amide bonds. The van der Waals surface area contributed by atoms with Crippen LogP contribution in [0.1, 0.15) is 36.0 Å². The molecular formula is C12H13F2NOS. The fourth-order valence-electron chi connectivity index (χ4n) is 1.91. The second-order valence-corrected chi connectivity index (χ2v) is 5.17. The van der Waals surface area contributed by atoms with E-state index in [2.05, 4.69) is 4.72 Å². The van der Waals surface area contributed by atoms with Crippen molar-refractivity contribution in [1.82, 2.24) is 0 Å². The highest BCUT2D eigenvalue weighted by Crippen LogP contribution is 2.31. The van der Waals surface area contributed by atoms with E-state index < -0.39 is 17.2 Å². The molecule has 2 rings (SSSR count). The summed E-state index contributed by atoms with van der Waals surface area (Å²) in [5, 5.41) is 0.471. The van der Waals surface area contributed by atoms with Crippen LogP contribution in [0.5, 0.6) is 0 Å². The lowest BCUT2D eigenvalue weighted by molar-refractivity contribution is 0.111. The zero-order valence-electron chi connectivity index (χ0n) is 9.21. The average molecular weight is 257 g/mol. The van der Waals surface area contributed by atoms with Crippen molar-refractivity contribution in [3.05, 3.63) is 29.3 Å². The highest BCUT2D eigenvalue weighted by atomic mass is 32.2. The van der Waals surface area contributed by atoms with E-state index in [4.69, 9.17) is 0 Å². The SMILES string of the molecule is O=Cc1c(F)ccc(NSC2CCCC2)c1F. The summed E-state index contributed by atoms with van der Waals surface area (Å²) < 4.78 is 29.6. The first-order chi connectivity index (χ1) is 8.22. The number of rotatable bonds is 4. The molecule has 0 aliphatic heterocycles. The van der Waals surface area contributed by atoms with Gasteiger partial charge in [0.2, 0.25) is 0 Å². The molecule has 0 atom stereocenters. The number of benzene rings is 1. The van der Waals surface area contributed by atoms with Crippen LogP contribution in [0, 0.1) is 11.6 Å². The molecule has 2 nitrogen and oxygen atoms in total. The van der Waals surface area contributed by atoms with Crippen molar-refractivity contribution >= 4 is 23.9 Å². The number of halogens is 2. The van der Waals surface area contributed by atoms with E-state index >= 15 is 0 Å². The van der Waals surface area contributed by atoms with Gasteiger partial charge in [-0.2, -0.15) is 0 Å². The summed E-state index contributed by atoms with van der Waals surface area (Å²) in [6.07, 6.45) is 4.83. The lowest BCUT2D eigenvalue weighted by Crippen LogP contribution is -2.03. The Morgan fingerprint density at radius 2 is 2.00 bits per heavy atom. The number of hydrogen-bond donors (Lipinski definition) is 1. The third-order valence-corrected chi connectivity index (χ3v) is 4.02. The molecule has 0 unspecified atom stereocenters. The summed E-state index contributed by atoms with van der Waals surface area (Å²) in [6.45, 7) is 0. The van der Waals surface area contributed by atoms with Crippen molar-refractivity contribution < 1.29 is 13.6 Å².